The molecule has 1 saturated heterocycles. The Morgan fingerprint density at radius 2 is 1.05 bits per heavy atom. The first kappa shape index (κ1) is 30.1. The maximum atomic E-state index is 13.3. The molecule has 0 spiro atoms. The number of carbonyl (C=O) groups excluding carboxylic acids is 3. The highest BCUT2D eigenvalue weighted by molar-refractivity contribution is 7.99. The Kier molecular flexibility index (Phi) is 9.59. The highest BCUT2D eigenvalue weighted by Gasteiger charge is 2.51. The van der Waals surface area contributed by atoms with Gasteiger partial charge in [0, 0.05) is 4.90 Å². The molecule has 1 aliphatic heterocycles. The maximum absolute atomic E-state index is 13.3. The lowest BCUT2D eigenvalue weighted by molar-refractivity contribution is -0.0435. The molecular weight excluding hydrogens is 564 g/mol. The zero-order valence-corrected chi connectivity index (χ0v) is 24.9. The molecule has 4 aromatic rings. The summed E-state index contributed by atoms with van der Waals surface area (Å²) in [5.41, 5.74) is 3.32. The number of benzene rings is 4. The van der Waals surface area contributed by atoms with Crippen molar-refractivity contribution < 1.29 is 33.3 Å². The topological polar surface area (TPSA) is 88.1 Å². The van der Waals surface area contributed by atoms with Crippen LogP contribution in [0.4, 0.5) is 0 Å². The van der Waals surface area contributed by atoms with Crippen molar-refractivity contribution in [3.8, 4) is 0 Å². The largest absolute Gasteiger partial charge is 0.459 e. The van der Waals surface area contributed by atoms with Crippen LogP contribution in [0, 0.1) is 20.8 Å². The van der Waals surface area contributed by atoms with Gasteiger partial charge in [-0.25, -0.2) is 14.4 Å². The van der Waals surface area contributed by atoms with E-state index in [2.05, 4.69) is 0 Å². The second kappa shape index (κ2) is 13.7. The van der Waals surface area contributed by atoms with Gasteiger partial charge >= 0.3 is 17.9 Å². The van der Waals surface area contributed by atoms with E-state index in [1.54, 1.807) is 36.4 Å². The van der Waals surface area contributed by atoms with Crippen LogP contribution < -0.4 is 0 Å². The molecule has 1 fully saturated rings. The molecule has 0 N–H and O–H groups in total. The second-order valence-corrected chi connectivity index (χ2v) is 11.6. The molecule has 43 heavy (non-hydrogen) atoms. The normalized spacial score (nSPS) is 19.4. The number of aryl methyl sites for hydroxylation is 3. The van der Waals surface area contributed by atoms with Crippen LogP contribution in [0.15, 0.2) is 108 Å². The van der Waals surface area contributed by atoms with E-state index in [0.29, 0.717) is 16.7 Å². The van der Waals surface area contributed by atoms with Crippen LogP contribution >= 0.6 is 11.8 Å². The Bertz CT molecular complexity index is 1550. The van der Waals surface area contributed by atoms with E-state index in [0.717, 1.165) is 21.6 Å². The van der Waals surface area contributed by atoms with Crippen molar-refractivity contribution in [1.82, 2.24) is 0 Å². The highest BCUT2D eigenvalue weighted by Crippen LogP contribution is 2.38. The molecule has 1 heterocycles. The fourth-order valence-corrected chi connectivity index (χ4v) is 5.64. The van der Waals surface area contributed by atoms with Gasteiger partial charge in [-0.3, -0.25) is 0 Å². The number of hydrogen-bond acceptors (Lipinski definition) is 8. The zero-order chi connectivity index (χ0) is 30.3. The lowest BCUT2D eigenvalue weighted by Gasteiger charge is -2.24. The van der Waals surface area contributed by atoms with E-state index in [1.807, 2.05) is 87.5 Å². The number of rotatable bonds is 9. The Hall–Kier alpha value is -4.40. The van der Waals surface area contributed by atoms with E-state index in [4.69, 9.17) is 18.9 Å². The van der Waals surface area contributed by atoms with E-state index < -0.39 is 41.7 Å². The molecule has 7 nitrogen and oxygen atoms in total. The van der Waals surface area contributed by atoms with Gasteiger partial charge in [0.1, 0.15) is 18.1 Å². The summed E-state index contributed by atoms with van der Waals surface area (Å²) in [6, 6.07) is 30.5. The van der Waals surface area contributed by atoms with E-state index in [9.17, 15) is 14.4 Å². The SMILES string of the molecule is Cc1ccc(C(=O)OC[C@@H]2O[C@@H](Sc3ccccc3)[C@H](OC(=O)c3ccc(C)cc3)[C@H]2OC(=O)c2ccc(C)cc2)cc1. The molecule has 0 amide bonds. The van der Waals surface area contributed by atoms with Gasteiger partial charge in [0.25, 0.3) is 0 Å². The second-order valence-electron chi connectivity index (χ2n) is 10.4. The van der Waals surface area contributed by atoms with Crippen LogP contribution in [0.2, 0.25) is 0 Å². The molecule has 0 bridgehead atoms. The van der Waals surface area contributed by atoms with Crippen LogP contribution in [0.3, 0.4) is 0 Å². The first-order valence-electron chi connectivity index (χ1n) is 13.9. The average molecular weight is 597 g/mol. The zero-order valence-electron chi connectivity index (χ0n) is 24.1. The van der Waals surface area contributed by atoms with Gasteiger partial charge in [-0.2, -0.15) is 0 Å². The quantitative estimate of drug-likeness (QED) is 0.155. The summed E-state index contributed by atoms with van der Waals surface area (Å²) in [6.45, 7) is 5.56. The number of thioether (sulfide) groups is 1. The smallest absolute Gasteiger partial charge is 0.338 e. The van der Waals surface area contributed by atoms with E-state index in [-0.39, 0.29) is 6.61 Å². The fraction of sp³-hybridized carbons (Fsp3) is 0.229. The van der Waals surface area contributed by atoms with Crippen molar-refractivity contribution in [3.63, 3.8) is 0 Å². The molecule has 4 aromatic carbocycles. The Morgan fingerprint density at radius 1 is 0.605 bits per heavy atom. The van der Waals surface area contributed by atoms with Crippen molar-refractivity contribution >= 4 is 29.7 Å². The summed E-state index contributed by atoms with van der Waals surface area (Å²) in [5.74, 6) is -1.73. The van der Waals surface area contributed by atoms with Crippen LogP contribution in [-0.4, -0.2) is 48.3 Å². The van der Waals surface area contributed by atoms with Crippen molar-refractivity contribution in [3.05, 3.63) is 137 Å². The maximum Gasteiger partial charge on any atom is 0.338 e. The van der Waals surface area contributed by atoms with Gasteiger partial charge in [-0.1, -0.05) is 83.0 Å². The fourth-order valence-electron chi connectivity index (χ4n) is 4.51. The standard InChI is InChI=1S/C35H32O7S/c1-22-9-15-25(16-10-22)32(36)39-21-29-30(41-33(37)26-17-11-23(2)12-18-26)31(35(40-29)43-28-7-5-4-6-8-28)42-34(38)27-19-13-24(3)14-20-27/h4-20,29-31,35H,21H2,1-3H3/t29-,30-,31+,35-/m0/s1. The van der Waals surface area contributed by atoms with Gasteiger partial charge in [0.05, 0.1) is 16.7 Å². The molecule has 4 atom stereocenters. The molecule has 1 aliphatic rings. The number of hydrogen-bond donors (Lipinski definition) is 0. The van der Waals surface area contributed by atoms with Crippen molar-refractivity contribution in [1.29, 1.82) is 0 Å². The molecule has 220 valence electrons. The molecule has 5 rings (SSSR count). The van der Waals surface area contributed by atoms with Crippen molar-refractivity contribution in [2.75, 3.05) is 6.61 Å². The summed E-state index contributed by atoms with van der Waals surface area (Å²) < 4.78 is 24.0. The lowest BCUT2D eigenvalue weighted by atomic mass is 10.1. The summed E-state index contributed by atoms with van der Waals surface area (Å²) in [5, 5.41) is 0. The third kappa shape index (κ3) is 7.71. The predicted molar refractivity (Wildman–Crippen MR) is 163 cm³/mol. The lowest BCUT2D eigenvalue weighted by Crippen LogP contribution is -2.41. The molecule has 0 unspecified atom stereocenters. The molecule has 0 saturated carbocycles. The minimum Gasteiger partial charge on any atom is -0.459 e. The van der Waals surface area contributed by atoms with Crippen LogP contribution in [-0.2, 0) is 18.9 Å². The van der Waals surface area contributed by atoms with E-state index in [1.165, 1.54) is 11.8 Å². The highest BCUT2D eigenvalue weighted by atomic mass is 32.2. The average Bonchev–Trinajstić information content (AvgIpc) is 3.32. The van der Waals surface area contributed by atoms with Crippen LogP contribution in [0.25, 0.3) is 0 Å². The Balaban J connectivity index is 1.43. The van der Waals surface area contributed by atoms with E-state index >= 15 is 0 Å². The minimum atomic E-state index is -1.06. The first-order valence-corrected chi connectivity index (χ1v) is 14.8. The van der Waals surface area contributed by atoms with Crippen molar-refractivity contribution in [2.24, 2.45) is 0 Å². The van der Waals surface area contributed by atoms with Gasteiger partial charge < -0.3 is 18.9 Å². The van der Waals surface area contributed by atoms with Gasteiger partial charge in [-0.15, -0.1) is 0 Å². The number of esters is 3. The Morgan fingerprint density at radius 3 is 1.53 bits per heavy atom. The molecule has 0 aromatic heterocycles. The summed E-state index contributed by atoms with van der Waals surface area (Å²) in [6.07, 6.45) is -2.97. The third-order valence-electron chi connectivity index (χ3n) is 6.99. The number of carbonyl (C=O) groups is 3. The predicted octanol–water partition coefficient (Wildman–Crippen LogP) is 6.74. The molecule has 0 radical (unpaired) electrons. The minimum absolute atomic E-state index is 0.219. The first-order chi connectivity index (χ1) is 20.8. The van der Waals surface area contributed by atoms with Crippen molar-refractivity contribution in [2.45, 2.75) is 49.4 Å². The summed E-state index contributed by atoms with van der Waals surface area (Å²) in [4.78, 5) is 40.4. The van der Waals surface area contributed by atoms with Gasteiger partial charge in [0.15, 0.2) is 12.2 Å². The summed E-state index contributed by atoms with van der Waals surface area (Å²) >= 11 is 1.33. The Labute approximate surface area is 255 Å². The monoisotopic (exact) mass is 596 g/mol. The van der Waals surface area contributed by atoms with Crippen LogP contribution in [0.1, 0.15) is 47.8 Å². The van der Waals surface area contributed by atoms with Crippen LogP contribution in [0.5, 0.6) is 0 Å². The number of ether oxygens (including phenoxy) is 4. The molecular formula is C35H32O7S. The molecule has 0 aliphatic carbocycles. The molecule has 8 heteroatoms. The summed E-state index contributed by atoms with van der Waals surface area (Å²) in [7, 11) is 0. The third-order valence-corrected chi connectivity index (χ3v) is 8.15. The van der Waals surface area contributed by atoms with Gasteiger partial charge in [-0.05, 0) is 69.3 Å². The van der Waals surface area contributed by atoms with Gasteiger partial charge in [0.2, 0.25) is 0 Å².